The van der Waals surface area contributed by atoms with Gasteiger partial charge in [0.1, 0.15) is 12.0 Å². The van der Waals surface area contributed by atoms with Gasteiger partial charge in [-0.2, -0.15) is 0 Å². The van der Waals surface area contributed by atoms with E-state index in [0.29, 0.717) is 6.10 Å². The van der Waals surface area contributed by atoms with Crippen LogP contribution in [0, 0.1) is 10.1 Å². The molecule has 0 aromatic carbocycles. The molecule has 0 atom stereocenters. The molecule has 18 heavy (non-hydrogen) atoms. The van der Waals surface area contributed by atoms with Crippen LogP contribution in [0.2, 0.25) is 0 Å². The molecule has 0 spiro atoms. The van der Waals surface area contributed by atoms with Gasteiger partial charge in [-0.3, -0.25) is 10.1 Å². The Labute approximate surface area is 106 Å². The second-order valence-electron chi connectivity index (χ2n) is 4.27. The fourth-order valence-corrected chi connectivity index (χ4v) is 2.16. The van der Waals surface area contributed by atoms with Crippen molar-refractivity contribution in [1.29, 1.82) is 0 Å². The van der Waals surface area contributed by atoms with Crippen LogP contribution in [0.5, 0.6) is 0 Å². The summed E-state index contributed by atoms with van der Waals surface area (Å²) >= 11 is 0. The quantitative estimate of drug-likeness (QED) is 0.604. The molecule has 2 heterocycles. The molecule has 0 unspecified atom stereocenters. The van der Waals surface area contributed by atoms with E-state index in [1.165, 1.54) is 12.3 Å². The Balaban J connectivity index is 1.95. The van der Waals surface area contributed by atoms with E-state index in [9.17, 15) is 10.1 Å². The largest absolute Gasteiger partial charge is 0.378 e. The van der Waals surface area contributed by atoms with Gasteiger partial charge >= 0.3 is 0 Å². The molecule has 2 rings (SSSR count). The van der Waals surface area contributed by atoms with Gasteiger partial charge in [-0.1, -0.05) is 0 Å². The van der Waals surface area contributed by atoms with Crippen LogP contribution in [0.4, 0.5) is 11.5 Å². The van der Waals surface area contributed by atoms with Gasteiger partial charge in [0.2, 0.25) is 0 Å². The summed E-state index contributed by atoms with van der Waals surface area (Å²) < 4.78 is 5.58. The van der Waals surface area contributed by atoms with Crippen LogP contribution in [0.1, 0.15) is 19.8 Å². The number of anilines is 1. The lowest BCUT2D eigenvalue weighted by Crippen LogP contribution is -2.37. The van der Waals surface area contributed by atoms with Crippen LogP contribution < -0.4 is 4.90 Å². The van der Waals surface area contributed by atoms with Gasteiger partial charge in [-0.05, 0) is 25.8 Å². The SMILES string of the molecule is CCOC1CCN(c2ccc([N+](=O)[O-])cn2)CC1. The number of pyridine rings is 1. The minimum atomic E-state index is -0.432. The lowest BCUT2D eigenvalue weighted by Gasteiger charge is -2.32. The van der Waals surface area contributed by atoms with Crippen LogP contribution in [0.25, 0.3) is 0 Å². The van der Waals surface area contributed by atoms with Crippen LogP contribution in [0.3, 0.4) is 0 Å². The molecule has 1 fully saturated rings. The Morgan fingerprint density at radius 1 is 1.50 bits per heavy atom. The third-order valence-electron chi connectivity index (χ3n) is 3.11. The monoisotopic (exact) mass is 251 g/mol. The fourth-order valence-electron chi connectivity index (χ4n) is 2.16. The zero-order valence-electron chi connectivity index (χ0n) is 10.4. The normalized spacial score (nSPS) is 16.8. The summed E-state index contributed by atoms with van der Waals surface area (Å²) in [5.41, 5.74) is 0.0305. The zero-order valence-corrected chi connectivity index (χ0v) is 10.4. The van der Waals surface area contributed by atoms with Crippen molar-refractivity contribution in [2.45, 2.75) is 25.9 Å². The Morgan fingerprint density at radius 3 is 2.72 bits per heavy atom. The number of aromatic nitrogens is 1. The van der Waals surface area contributed by atoms with Crippen LogP contribution in [0.15, 0.2) is 18.3 Å². The van der Waals surface area contributed by atoms with Gasteiger partial charge in [0.25, 0.3) is 5.69 Å². The Bertz CT molecular complexity index is 400. The average molecular weight is 251 g/mol. The second-order valence-corrected chi connectivity index (χ2v) is 4.27. The molecule has 1 aromatic heterocycles. The highest BCUT2D eigenvalue weighted by molar-refractivity contribution is 5.43. The first-order valence-electron chi connectivity index (χ1n) is 6.17. The first kappa shape index (κ1) is 12.8. The average Bonchev–Trinajstić information content (AvgIpc) is 2.40. The molecule has 0 aliphatic carbocycles. The Hall–Kier alpha value is -1.69. The molecular formula is C12H17N3O3. The van der Waals surface area contributed by atoms with E-state index in [1.54, 1.807) is 6.07 Å². The van der Waals surface area contributed by atoms with Crippen molar-refractivity contribution in [3.05, 3.63) is 28.4 Å². The molecule has 0 saturated carbocycles. The summed E-state index contributed by atoms with van der Waals surface area (Å²) in [5.74, 6) is 0.801. The minimum absolute atomic E-state index is 0.0305. The summed E-state index contributed by atoms with van der Waals surface area (Å²) in [6.45, 7) is 4.52. The number of rotatable bonds is 4. The first-order chi connectivity index (χ1) is 8.70. The maximum atomic E-state index is 10.5. The molecule has 1 aromatic rings. The molecule has 0 bridgehead atoms. The molecule has 98 valence electrons. The van der Waals surface area contributed by atoms with Gasteiger partial charge in [0.15, 0.2) is 0 Å². The van der Waals surface area contributed by atoms with E-state index in [-0.39, 0.29) is 5.69 Å². The maximum absolute atomic E-state index is 10.5. The van der Waals surface area contributed by atoms with E-state index in [4.69, 9.17) is 4.74 Å². The summed E-state index contributed by atoms with van der Waals surface area (Å²) in [7, 11) is 0. The molecule has 1 aliphatic rings. The van der Waals surface area contributed by atoms with Gasteiger partial charge in [0, 0.05) is 25.8 Å². The number of ether oxygens (including phenoxy) is 1. The molecule has 1 saturated heterocycles. The number of hydrogen-bond donors (Lipinski definition) is 0. The Kier molecular flexibility index (Phi) is 4.09. The Morgan fingerprint density at radius 2 is 2.22 bits per heavy atom. The summed E-state index contributed by atoms with van der Waals surface area (Å²) in [4.78, 5) is 16.4. The second kappa shape index (κ2) is 5.77. The van der Waals surface area contributed by atoms with Gasteiger partial charge < -0.3 is 9.64 Å². The molecular weight excluding hydrogens is 234 g/mol. The van der Waals surface area contributed by atoms with E-state index >= 15 is 0 Å². The first-order valence-corrected chi connectivity index (χ1v) is 6.17. The fraction of sp³-hybridized carbons (Fsp3) is 0.583. The van der Waals surface area contributed by atoms with E-state index in [0.717, 1.165) is 38.4 Å². The van der Waals surface area contributed by atoms with Gasteiger partial charge in [-0.15, -0.1) is 0 Å². The molecule has 0 N–H and O–H groups in total. The van der Waals surface area contributed by atoms with Crippen LogP contribution in [-0.2, 0) is 4.74 Å². The van der Waals surface area contributed by atoms with Crippen molar-refractivity contribution in [3.8, 4) is 0 Å². The summed E-state index contributed by atoms with van der Waals surface area (Å²) in [6, 6.07) is 3.20. The zero-order chi connectivity index (χ0) is 13.0. The van der Waals surface area contributed by atoms with Crippen molar-refractivity contribution >= 4 is 11.5 Å². The van der Waals surface area contributed by atoms with E-state index in [1.807, 2.05) is 6.92 Å². The smallest absolute Gasteiger partial charge is 0.287 e. The predicted molar refractivity (Wildman–Crippen MR) is 67.8 cm³/mol. The molecule has 6 heteroatoms. The molecule has 1 aliphatic heterocycles. The van der Waals surface area contributed by atoms with Crippen molar-refractivity contribution in [2.75, 3.05) is 24.6 Å². The van der Waals surface area contributed by atoms with Crippen LogP contribution in [-0.4, -0.2) is 35.7 Å². The summed E-state index contributed by atoms with van der Waals surface area (Å²) in [5, 5.41) is 10.5. The highest BCUT2D eigenvalue weighted by Crippen LogP contribution is 2.21. The van der Waals surface area contributed by atoms with Gasteiger partial charge in [-0.25, -0.2) is 4.98 Å². The van der Waals surface area contributed by atoms with Crippen LogP contribution >= 0.6 is 0 Å². The molecule has 6 nitrogen and oxygen atoms in total. The van der Waals surface area contributed by atoms with Crippen molar-refractivity contribution in [2.24, 2.45) is 0 Å². The van der Waals surface area contributed by atoms with E-state index < -0.39 is 4.92 Å². The topological polar surface area (TPSA) is 68.5 Å². The highest BCUT2D eigenvalue weighted by Gasteiger charge is 2.20. The van der Waals surface area contributed by atoms with Crippen molar-refractivity contribution in [3.63, 3.8) is 0 Å². The molecule has 0 radical (unpaired) electrons. The number of nitro groups is 1. The third-order valence-corrected chi connectivity index (χ3v) is 3.11. The minimum Gasteiger partial charge on any atom is -0.378 e. The number of piperidine rings is 1. The van der Waals surface area contributed by atoms with E-state index in [2.05, 4.69) is 9.88 Å². The lowest BCUT2D eigenvalue weighted by atomic mass is 10.1. The van der Waals surface area contributed by atoms with Crippen molar-refractivity contribution in [1.82, 2.24) is 4.98 Å². The standard InChI is InChI=1S/C12H17N3O3/c1-2-18-11-5-7-14(8-6-11)12-4-3-10(9-13-12)15(16)17/h3-4,9,11H,2,5-8H2,1H3. The predicted octanol–water partition coefficient (Wildman–Crippen LogP) is 2.00. The molecule has 0 amide bonds. The van der Waals surface area contributed by atoms with Crippen molar-refractivity contribution < 1.29 is 9.66 Å². The highest BCUT2D eigenvalue weighted by atomic mass is 16.6. The third kappa shape index (κ3) is 2.95. The van der Waals surface area contributed by atoms with Gasteiger partial charge in [0.05, 0.1) is 11.0 Å². The summed E-state index contributed by atoms with van der Waals surface area (Å²) in [6.07, 6.45) is 3.60. The number of nitrogens with zero attached hydrogens (tertiary/aromatic N) is 3. The maximum Gasteiger partial charge on any atom is 0.287 e. The lowest BCUT2D eigenvalue weighted by molar-refractivity contribution is -0.385. The number of hydrogen-bond acceptors (Lipinski definition) is 5.